The highest BCUT2D eigenvalue weighted by atomic mass is 16.4. The quantitative estimate of drug-likeness (QED) is 0.508. The molecule has 9 nitrogen and oxygen atoms in total. The molecule has 3 amide bonds. The number of carboxylic acids is 1. The molecule has 1 atom stereocenters. The second-order valence-electron chi connectivity index (χ2n) is 7.15. The van der Waals surface area contributed by atoms with Gasteiger partial charge in [0.1, 0.15) is 12.3 Å². The number of imide groups is 1. The van der Waals surface area contributed by atoms with E-state index in [2.05, 4.69) is 5.32 Å². The van der Waals surface area contributed by atoms with Crippen molar-refractivity contribution in [2.24, 2.45) is 5.92 Å². The molecule has 29 heavy (non-hydrogen) atoms. The molecule has 0 spiro atoms. The number of benzene rings is 1. The standard InChI is InChI=1S/C20H23N3O6/c1-21-17(25)15(6-3-11-24)23-18(26)13-4-2-5-14(16(13)19(23)27)22-9-7-12(8-10-22)20(28)29/h2,4-5,11-12,15H,3,6-10H2,1H3,(H,21,25)(H,28,29). The molecule has 0 saturated carbocycles. The van der Waals surface area contributed by atoms with Crippen LogP contribution in [0.1, 0.15) is 46.4 Å². The molecule has 154 valence electrons. The summed E-state index contributed by atoms with van der Waals surface area (Å²) in [6, 6.07) is 3.88. The van der Waals surface area contributed by atoms with Gasteiger partial charge in [-0.1, -0.05) is 6.07 Å². The zero-order chi connectivity index (χ0) is 21.1. The first-order valence-electron chi connectivity index (χ1n) is 9.54. The van der Waals surface area contributed by atoms with Gasteiger partial charge in [0.15, 0.2) is 0 Å². The molecule has 1 aromatic rings. The number of nitrogens with zero attached hydrogens (tertiary/aromatic N) is 2. The number of carbonyl (C=O) groups excluding carboxylic acids is 4. The topological polar surface area (TPSA) is 124 Å². The first kappa shape index (κ1) is 20.5. The third-order valence-corrected chi connectivity index (χ3v) is 5.53. The average molecular weight is 401 g/mol. The van der Waals surface area contributed by atoms with E-state index in [1.165, 1.54) is 7.05 Å². The molecule has 0 aromatic heterocycles. The van der Waals surface area contributed by atoms with Crippen molar-refractivity contribution in [1.29, 1.82) is 0 Å². The summed E-state index contributed by atoms with van der Waals surface area (Å²) < 4.78 is 0. The zero-order valence-electron chi connectivity index (χ0n) is 16.1. The van der Waals surface area contributed by atoms with Crippen LogP contribution in [0.25, 0.3) is 0 Å². The van der Waals surface area contributed by atoms with Crippen LogP contribution in [-0.4, -0.2) is 66.2 Å². The van der Waals surface area contributed by atoms with Gasteiger partial charge in [-0.05, 0) is 31.4 Å². The maximum atomic E-state index is 13.2. The predicted octanol–water partition coefficient (Wildman–Crippen LogP) is 0.677. The van der Waals surface area contributed by atoms with E-state index >= 15 is 0 Å². The van der Waals surface area contributed by atoms with Gasteiger partial charge in [-0.15, -0.1) is 0 Å². The number of piperidine rings is 1. The van der Waals surface area contributed by atoms with E-state index in [9.17, 15) is 29.1 Å². The van der Waals surface area contributed by atoms with Gasteiger partial charge in [-0.2, -0.15) is 0 Å². The van der Waals surface area contributed by atoms with Gasteiger partial charge in [0.05, 0.1) is 22.7 Å². The smallest absolute Gasteiger partial charge is 0.306 e. The molecular formula is C20H23N3O6. The number of hydrogen-bond acceptors (Lipinski definition) is 6. The normalized spacial score (nSPS) is 17.8. The van der Waals surface area contributed by atoms with Gasteiger partial charge < -0.3 is 20.1 Å². The monoisotopic (exact) mass is 401 g/mol. The highest BCUT2D eigenvalue weighted by Gasteiger charge is 2.44. The first-order chi connectivity index (χ1) is 13.9. The number of likely N-dealkylation sites (N-methyl/N-ethyl adjacent to an activating group) is 1. The van der Waals surface area contributed by atoms with E-state index in [1.54, 1.807) is 18.2 Å². The van der Waals surface area contributed by atoms with Gasteiger partial charge in [-0.3, -0.25) is 24.1 Å². The number of nitrogens with one attached hydrogen (secondary N) is 1. The molecule has 1 aromatic carbocycles. The minimum absolute atomic E-state index is 0.0427. The fourth-order valence-corrected chi connectivity index (χ4v) is 3.97. The third kappa shape index (κ3) is 3.72. The molecule has 2 aliphatic rings. The Morgan fingerprint density at radius 3 is 2.52 bits per heavy atom. The summed E-state index contributed by atoms with van der Waals surface area (Å²) in [4.78, 5) is 63.2. The van der Waals surface area contributed by atoms with Gasteiger partial charge in [0.2, 0.25) is 5.91 Å². The molecule has 0 aliphatic carbocycles. The fraction of sp³-hybridized carbons (Fsp3) is 0.450. The number of fused-ring (bicyclic) bond motifs is 1. The molecule has 2 heterocycles. The number of rotatable bonds is 7. The Morgan fingerprint density at radius 2 is 1.93 bits per heavy atom. The van der Waals surface area contributed by atoms with Crippen LogP contribution in [-0.2, 0) is 14.4 Å². The lowest BCUT2D eigenvalue weighted by Gasteiger charge is -2.33. The third-order valence-electron chi connectivity index (χ3n) is 5.53. The van der Waals surface area contributed by atoms with Crippen molar-refractivity contribution in [3.05, 3.63) is 29.3 Å². The molecule has 2 aliphatic heterocycles. The Labute approximate surface area is 167 Å². The van der Waals surface area contributed by atoms with Crippen LogP contribution in [0.2, 0.25) is 0 Å². The largest absolute Gasteiger partial charge is 0.481 e. The second kappa shape index (κ2) is 8.42. The summed E-state index contributed by atoms with van der Waals surface area (Å²) >= 11 is 0. The maximum absolute atomic E-state index is 13.2. The van der Waals surface area contributed by atoms with Crippen LogP contribution >= 0.6 is 0 Å². The van der Waals surface area contributed by atoms with Crippen molar-refractivity contribution in [2.45, 2.75) is 31.7 Å². The Morgan fingerprint density at radius 1 is 1.24 bits per heavy atom. The van der Waals surface area contributed by atoms with E-state index in [4.69, 9.17) is 0 Å². The number of amides is 3. The van der Waals surface area contributed by atoms with E-state index in [0.29, 0.717) is 37.9 Å². The van der Waals surface area contributed by atoms with Crippen molar-refractivity contribution < 1.29 is 29.1 Å². The number of aliphatic carboxylic acids is 1. The van der Waals surface area contributed by atoms with Crippen LogP contribution in [0.15, 0.2) is 18.2 Å². The summed E-state index contributed by atoms with van der Waals surface area (Å²) in [7, 11) is 1.41. The van der Waals surface area contributed by atoms with Gasteiger partial charge in [-0.25, -0.2) is 0 Å². The van der Waals surface area contributed by atoms with Crippen molar-refractivity contribution in [2.75, 3.05) is 25.0 Å². The van der Waals surface area contributed by atoms with Crippen molar-refractivity contribution in [1.82, 2.24) is 10.2 Å². The highest BCUT2D eigenvalue weighted by molar-refractivity contribution is 6.25. The van der Waals surface area contributed by atoms with Gasteiger partial charge in [0, 0.05) is 26.6 Å². The number of aldehydes is 1. The molecule has 1 fully saturated rings. The van der Waals surface area contributed by atoms with Crippen LogP contribution < -0.4 is 10.2 Å². The summed E-state index contributed by atoms with van der Waals surface area (Å²) in [6.07, 6.45) is 1.64. The van der Waals surface area contributed by atoms with E-state index in [-0.39, 0.29) is 24.0 Å². The summed E-state index contributed by atoms with van der Waals surface area (Å²) in [5, 5.41) is 11.6. The zero-order valence-corrected chi connectivity index (χ0v) is 16.1. The fourth-order valence-electron chi connectivity index (χ4n) is 3.97. The lowest BCUT2D eigenvalue weighted by molar-refractivity contribution is -0.142. The van der Waals surface area contributed by atoms with Crippen molar-refractivity contribution in [3.63, 3.8) is 0 Å². The van der Waals surface area contributed by atoms with Gasteiger partial charge in [0.25, 0.3) is 11.8 Å². The van der Waals surface area contributed by atoms with Crippen LogP contribution in [0.4, 0.5) is 5.69 Å². The van der Waals surface area contributed by atoms with Crippen LogP contribution in [0.5, 0.6) is 0 Å². The Kier molecular flexibility index (Phi) is 5.95. The lowest BCUT2D eigenvalue weighted by atomic mass is 9.95. The molecule has 9 heteroatoms. The first-order valence-corrected chi connectivity index (χ1v) is 9.54. The van der Waals surface area contributed by atoms with Crippen molar-refractivity contribution in [3.8, 4) is 0 Å². The molecule has 0 bridgehead atoms. The number of hydrogen-bond donors (Lipinski definition) is 2. The van der Waals surface area contributed by atoms with E-state index in [1.807, 2.05) is 4.90 Å². The number of carbonyl (C=O) groups is 5. The average Bonchev–Trinajstić information content (AvgIpc) is 2.99. The molecule has 2 N–H and O–H groups in total. The van der Waals surface area contributed by atoms with Crippen LogP contribution in [0.3, 0.4) is 0 Å². The summed E-state index contributed by atoms with van der Waals surface area (Å²) in [5.41, 5.74) is 1.01. The summed E-state index contributed by atoms with van der Waals surface area (Å²) in [6.45, 7) is 0.914. The Bertz CT molecular complexity index is 860. The highest BCUT2D eigenvalue weighted by Crippen LogP contribution is 2.35. The molecule has 1 unspecified atom stereocenters. The molecule has 3 rings (SSSR count). The van der Waals surface area contributed by atoms with Crippen LogP contribution in [0, 0.1) is 5.92 Å². The van der Waals surface area contributed by atoms with Crippen molar-refractivity contribution >= 4 is 35.7 Å². The molecule has 0 radical (unpaired) electrons. The SMILES string of the molecule is CNC(=O)C(CCC=O)N1C(=O)c2cccc(N3CCC(C(=O)O)CC3)c2C1=O. The number of carboxylic acid groups (broad SMARTS) is 1. The molecule has 1 saturated heterocycles. The minimum Gasteiger partial charge on any atom is -0.481 e. The molecular weight excluding hydrogens is 378 g/mol. The predicted molar refractivity (Wildman–Crippen MR) is 103 cm³/mol. The number of anilines is 1. The van der Waals surface area contributed by atoms with E-state index < -0.39 is 35.7 Å². The summed E-state index contributed by atoms with van der Waals surface area (Å²) in [5.74, 6) is -2.89. The minimum atomic E-state index is -1.07. The van der Waals surface area contributed by atoms with Gasteiger partial charge >= 0.3 is 5.97 Å². The maximum Gasteiger partial charge on any atom is 0.306 e. The lowest BCUT2D eigenvalue weighted by Crippen LogP contribution is -2.48. The van der Waals surface area contributed by atoms with E-state index in [0.717, 1.165) is 4.90 Å². The second-order valence-corrected chi connectivity index (χ2v) is 7.15. The Balaban J connectivity index is 1.92. The Hall–Kier alpha value is -3.23.